The van der Waals surface area contributed by atoms with Crippen molar-refractivity contribution in [2.75, 3.05) is 0 Å². The zero-order chi connectivity index (χ0) is 20.3. The maximum Gasteiger partial charge on any atom is 0.346 e. The zero-order valence-corrected chi connectivity index (χ0v) is 15.5. The van der Waals surface area contributed by atoms with Gasteiger partial charge in [0.2, 0.25) is 0 Å². The molecular weight excluding hydrogens is 382 g/mol. The summed E-state index contributed by atoms with van der Waals surface area (Å²) in [6, 6.07) is 17.9. The third kappa shape index (κ3) is 4.07. The monoisotopic (exact) mass is 397 g/mol. The Morgan fingerprint density at radius 2 is 1.54 bits per heavy atom. The van der Waals surface area contributed by atoms with Crippen LogP contribution in [0.2, 0.25) is 0 Å². The van der Waals surface area contributed by atoms with Gasteiger partial charge in [-0.2, -0.15) is 8.42 Å². The molecule has 142 valence electrons. The lowest BCUT2D eigenvalue weighted by Gasteiger charge is -2.09. The van der Waals surface area contributed by atoms with E-state index in [1.807, 2.05) is 0 Å². The maximum atomic E-state index is 12.5. The van der Waals surface area contributed by atoms with Crippen LogP contribution < -0.4 is 4.18 Å². The largest absolute Gasteiger partial charge is 0.379 e. The molecule has 0 unspecified atom stereocenters. The van der Waals surface area contributed by atoms with E-state index in [1.54, 1.807) is 37.3 Å². The van der Waals surface area contributed by atoms with Crippen molar-refractivity contribution in [3.8, 4) is 5.75 Å². The van der Waals surface area contributed by atoms with Crippen molar-refractivity contribution in [3.63, 3.8) is 0 Å². The van der Waals surface area contributed by atoms with E-state index < -0.39 is 25.6 Å². The number of hydrogen-bond donors (Lipinski definition) is 0. The molecule has 0 N–H and O–H groups in total. The molecule has 0 saturated carbocycles. The molecule has 0 radical (unpaired) electrons. The lowest BCUT2D eigenvalue weighted by atomic mass is 10.0. The lowest BCUT2D eigenvalue weighted by Crippen LogP contribution is -2.12. The Balaban J connectivity index is 1.86. The molecule has 0 aromatic heterocycles. The van der Waals surface area contributed by atoms with Crippen molar-refractivity contribution in [1.29, 1.82) is 0 Å². The van der Waals surface area contributed by atoms with Crippen LogP contribution in [0, 0.1) is 17.0 Å². The highest BCUT2D eigenvalue weighted by Crippen LogP contribution is 2.28. The second-order valence-corrected chi connectivity index (χ2v) is 7.50. The van der Waals surface area contributed by atoms with E-state index in [1.165, 1.54) is 30.3 Å². The Morgan fingerprint density at radius 3 is 2.14 bits per heavy atom. The molecule has 3 aromatic carbocycles. The van der Waals surface area contributed by atoms with Crippen molar-refractivity contribution < 1.29 is 22.3 Å². The number of nitro benzene ring substituents is 1. The molecule has 0 spiro atoms. The molecule has 3 rings (SSSR count). The molecule has 0 atom stereocenters. The predicted octanol–water partition coefficient (Wildman–Crippen LogP) is 3.90. The highest BCUT2D eigenvalue weighted by molar-refractivity contribution is 7.87. The number of hydrogen-bond acceptors (Lipinski definition) is 6. The topological polar surface area (TPSA) is 104 Å². The maximum absolute atomic E-state index is 12.5. The van der Waals surface area contributed by atoms with Crippen LogP contribution in [0.3, 0.4) is 0 Å². The first kappa shape index (κ1) is 19.2. The number of carbonyl (C=O) groups excluding carboxylic acids is 1. The van der Waals surface area contributed by atoms with Gasteiger partial charge in [0.05, 0.1) is 4.92 Å². The number of ketones is 1. The minimum Gasteiger partial charge on any atom is -0.379 e. The van der Waals surface area contributed by atoms with Crippen LogP contribution in [-0.4, -0.2) is 19.1 Å². The third-order valence-corrected chi connectivity index (χ3v) is 5.23. The van der Waals surface area contributed by atoms with Gasteiger partial charge in [0, 0.05) is 17.2 Å². The fourth-order valence-electron chi connectivity index (χ4n) is 2.57. The minimum atomic E-state index is -4.42. The molecule has 0 aliphatic heterocycles. The second-order valence-electron chi connectivity index (χ2n) is 5.99. The second kappa shape index (κ2) is 7.61. The molecule has 0 aliphatic rings. The smallest absolute Gasteiger partial charge is 0.346 e. The molecule has 0 amide bonds. The molecule has 0 fully saturated rings. The Bertz CT molecular complexity index is 1140. The summed E-state index contributed by atoms with van der Waals surface area (Å²) in [6.07, 6.45) is 0. The molecule has 28 heavy (non-hydrogen) atoms. The Labute approximate surface area is 161 Å². The Kier molecular flexibility index (Phi) is 5.23. The predicted molar refractivity (Wildman–Crippen MR) is 102 cm³/mol. The van der Waals surface area contributed by atoms with E-state index in [2.05, 4.69) is 0 Å². The van der Waals surface area contributed by atoms with Crippen LogP contribution in [0.1, 0.15) is 21.5 Å². The average Bonchev–Trinajstić information content (AvgIpc) is 2.68. The number of carbonyl (C=O) groups is 1. The van der Waals surface area contributed by atoms with Gasteiger partial charge in [-0.05, 0) is 42.8 Å². The summed E-state index contributed by atoms with van der Waals surface area (Å²) in [7, 11) is -4.42. The van der Waals surface area contributed by atoms with Gasteiger partial charge < -0.3 is 4.18 Å². The van der Waals surface area contributed by atoms with Crippen molar-refractivity contribution in [2.24, 2.45) is 0 Å². The summed E-state index contributed by atoms with van der Waals surface area (Å²) < 4.78 is 30.0. The fourth-order valence-corrected chi connectivity index (χ4v) is 3.65. The summed E-state index contributed by atoms with van der Waals surface area (Å²) in [5, 5.41) is 11.2. The first-order valence-electron chi connectivity index (χ1n) is 8.17. The number of nitrogens with zero attached hydrogens (tertiary/aromatic N) is 1. The van der Waals surface area contributed by atoms with E-state index in [0.29, 0.717) is 16.7 Å². The van der Waals surface area contributed by atoms with Gasteiger partial charge in [0.1, 0.15) is 5.75 Å². The first-order valence-corrected chi connectivity index (χ1v) is 9.58. The van der Waals surface area contributed by atoms with Gasteiger partial charge in [-0.3, -0.25) is 14.9 Å². The molecular formula is C20H15NO6S. The minimum absolute atomic E-state index is 0.0560. The number of aryl methyl sites for hydroxylation is 1. The number of nitro groups is 1. The van der Waals surface area contributed by atoms with Gasteiger partial charge in [-0.1, -0.05) is 36.4 Å². The summed E-state index contributed by atoms with van der Waals surface area (Å²) in [4.78, 5) is 22.2. The first-order chi connectivity index (χ1) is 13.3. The molecule has 0 aliphatic carbocycles. The van der Waals surface area contributed by atoms with Crippen molar-refractivity contribution in [1.82, 2.24) is 0 Å². The zero-order valence-electron chi connectivity index (χ0n) is 14.7. The van der Waals surface area contributed by atoms with Crippen LogP contribution in [0.5, 0.6) is 5.75 Å². The van der Waals surface area contributed by atoms with Crippen LogP contribution in [0.25, 0.3) is 0 Å². The third-order valence-electron chi connectivity index (χ3n) is 3.94. The van der Waals surface area contributed by atoms with E-state index >= 15 is 0 Å². The van der Waals surface area contributed by atoms with Gasteiger partial charge in [0.25, 0.3) is 5.69 Å². The highest BCUT2D eigenvalue weighted by atomic mass is 32.2. The van der Waals surface area contributed by atoms with Crippen LogP contribution in [-0.2, 0) is 10.1 Å². The average molecular weight is 397 g/mol. The molecule has 0 heterocycles. The van der Waals surface area contributed by atoms with Crippen molar-refractivity contribution >= 4 is 21.6 Å². The number of rotatable bonds is 6. The lowest BCUT2D eigenvalue weighted by molar-refractivity contribution is -0.387. The van der Waals surface area contributed by atoms with Crippen molar-refractivity contribution in [2.45, 2.75) is 11.8 Å². The van der Waals surface area contributed by atoms with Gasteiger partial charge in [-0.25, -0.2) is 0 Å². The highest BCUT2D eigenvalue weighted by Gasteiger charge is 2.27. The van der Waals surface area contributed by atoms with Crippen LogP contribution >= 0.6 is 0 Å². The van der Waals surface area contributed by atoms with Gasteiger partial charge in [-0.15, -0.1) is 0 Å². The summed E-state index contributed by atoms with van der Waals surface area (Å²) in [5.74, 6) is -0.274. The summed E-state index contributed by atoms with van der Waals surface area (Å²) in [5.41, 5.74) is 0.849. The molecule has 7 nitrogen and oxygen atoms in total. The molecule has 8 heteroatoms. The fraction of sp³-hybridized carbons (Fsp3) is 0.0500. The normalized spacial score (nSPS) is 11.0. The van der Waals surface area contributed by atoms with Crippen LogP contribution in [0.4, 0.5) is 5.69 Å². The number of benzene rings is 3. The van der Waals surface area contributed by atoms with E-state index in [-0.39, 0.29) is 11.5 Å². The standard InChI is InChI=1S/C20H15NO6S/c1-14-7-12-19(18(13-14)21(23)24)28(25,26)27-17-10-8-16(9-11-17)20(22)15-5-3-2-4-6-15/h2-13H,1H3. The van der Waals surface area contributed by atoms with Crippen LogP contribution in [0.15, 0.2) is 77.7 Å². The Morgan fingerprint density at radius 1 is 0.929 bits per heavy atom. The van der Waals surface area contributed by atoms with E-state index in [0.717, 1.165) is 12.1 Å². The van der Waals surface area contributed by atoms with Gasteiger partial charge in [0.15, 0.2) is 10.7 Å². The van der Waals surface area contributed by atoms with E-state index in [4.69, 9.17) is 4.18 Å². The quantitative estimate of drug-likeness (QED) is 0.270. The SMILES string of the molecule is Cc1ccc(S(=O)(=O)Oc2ccc(C(=O)c3ccccc3)cc2)c([N+](=O)[O-])c1. The van der Waals surface area contributed by atoms with E-state index in [9.17, 15) is 23.3 Å². The summed E-state index contributed by atoms with van der Waals surface area (Å²) >= 11 is 0. The Hall–Kier alpha value is -3.52. The molecule has 0 saturated heterocycles. The summed E-state index contributed by atoms with van der Waals surface area (Å²) in [6.45, 7) is 1.62. The molecule has 3 aromatic rings. The molecule has 0 bridgehead atoms. The van der Waals surface area contributed by atoms with Gasteiger partial charge >= 0.3 is 10.1 Å². The van der Waals surface area contributed by atoms with Crippen molar-refractivity contribution in [3.05, 3.63) is 99.6 Å².